The summed E-state index contributed by atoms with van der Waals surface area (Å²) in [6, 6.07) is 0. The number of rotatable bonds is 1. The standard InChI is InChI=1S/C8H16N2O/c1-8(7(11)9-2)3-5-10-6-4-8/h10H,3-6H2,1-2H3,(H,9,11). The van der Waals surface area contributed by atoms with Crippen molar-refractivity contribution in [3.8, 4) is 0 Å². The van der Waals surface area contributed by atoms with E-state index in [0.717, 1.165) is 25.9 Å². The molecule has 0 aromatic carbocycles. The Balaban J connectivity index is 2.56. The molecule has 2 N–H and O–H groups in total. The summed E-state index contributed by atoms with van der Waals surface area (Å²) in [5, 5.41) is 5.95. The average molecular weight is 156 g/mol. The number of amides is 1. The lowest BCUT2D eigenvalue weighted by Gasteiger charge is -2.31. The van der Waals surface area contributed by atoms with Crippen LogP contribution >= 0.6 is 0 Å². The van der Waals surface area contributed by atoms with E-state index < -0.39 is 0 Å². The van der Waals surface area contributed by atoms with E-state index in [9.17, 15) is 4.79 Å². The summed E-state index contributed by atoms with van der Waals surface area (Å²) in [5.41, 5.74) is -0.125. The second kappa shape index (κ2) is 3.22. The second-order valence-electron chi connectivity index (χ2n) is 3.39. The molecule has 1 aliphatic rings. The third-order valence-electron chi connectivity index (χ3n) is 2.48. The summed E-state index contributed by atoms with van der Waals surface area (Å²) in [4.78, 5) is 11.3. The van der Waals surface area contributed by atoms with E-state index in [4.69, 9.17) is 0 Å². The fraction of sp³-hybridized carbons (Fsp3) is 0.875. The van der Waals surface area contributed by atoms with Crippen LogP contribution in [0.4, 0.5) is 0 Å². The maximum Gasteiger partial charge on any atom is 0.225 e. The van der Waals surface area contributed by atoms with Gasteiger partial charge in [-0.15, -0.1) is 0 Å². The molecule has 64 valence electrons. The molecule has 0 aromatic heterocycles. The lowest BCUT2D eigenvalue weighted by atomic mass is 9.80. The first-order valence-electron chi connectivity index (χ1n) is 4.12. The average Bonchev–Trinajstić information content (AvgIpc) is 2.04. The number of hydrogen-bond donors (Lipinski definition) is 2. The fourth-order valence-electron chi connectivity index (χ4n) is 1.51. The molecule has 0 aliphatic carbocycles. The first-order valence-corrected chi connectivity index (χ1v) is 4.12. The van der Waals surface area contributed by atoms with Crippen molar-refractivity contribution in [2.45, 2.75) is 19.8 Å². The van der Waals surface area contributed by atoms with Crippen molar-refractivity contribution in [2.24, 2.45) is 5.41 Å². The van der Waals surface area contributed by atoms with Gasteiger partial charge in [0.25, 0.3) is 0 Å². The van der Waals surface area contributed by atoms with Gasteiger partial charge in [0, 0.05) is 12.5 Å². The minimum absolute atomic E-state index is 0.125. The highest BCUT2D eigenvalue weighted by atomic mass is 16.2. The molecule has 0 unspecified atom stereocenters. The molecule has 0 aromatic rings. The van der Waals surface area contributed by atoms with E-state index >= 15 is 0 Å². The molecule has 1 saturated heterocycles. The van der Waals surface area contributed by atoms with Crippen LogP contribution in [-0.2, 0) is 4.79 Å². The predicted octanol–water partition coefficient (Wildman–Crippen LogP) is 0.122. The molecule has 1 amide bonds. The number of carbonyl (C=O) groups is 1. The molecule has 1 aliphatic heterocycles. The quantitative estimate of drug-likeness (QED) is 0.566. The lowest BCUT2D eigenvalue weighted by Crippen LogP contribution is -2.44. The van der Waals surface area contributed by atoms with Crippen molar-refractivity contribution in [3.63, 3.8) is 0 Å². The van der Waals surface area contributed by atoms with Crippen LogP contribution in [0.25, 0.3) is 0 Å². The first-order chi connectivity index (χ1) is 5.19. The topological polar surface area (TPSA) is 41.1 Å². The smallest absolute Gasteiger partial charge is 0.225 e. The SMILES string of the molecule is CNC(=O)C1(C)CCNCC1. The van der Waals surface area contributed by atoms with Crippen molar-refractivity contribution >= 4 is 5.91 Å². The van der Waals surface area contributed by atoms with Gasteiger partial charge in [0.05, 0.1) is 0 Å². The first kappa shape index (κ1) is 8.53. The van der Waals surface area contributed by atoms with Gasteiger partial charge in [0.1, 0.15) is 0 Å². The summed E-state index contributed by atoms with van der Waals surface area (Å²) in [5.74, 6) is 0.180. The zero-order chi connectivity index (χ0) is 8.32. The number of carbonyl (C=O) groups excluding carboxylic acids is 1. The number of hydrogen-bond acceptors (Lipinski definition) is 2. The molecular weight excluding hydrogens is 140 g/mol. The Morgan fingerprint density at radius 2 is 2.00 bits per heavy atom. The normalized spacial score (nSPS) is 22.7. The van der Waals surface area contributed by atoms with Gasteiger partial charge in [-0.25, -0.2) is 0 Å². The maximum absolute atomic E-state index is 11.3. The van der Waals surface area contributed by atoms with E-state index in [2.05, 4.69) is 10.6 Å². The summed E-state index contributed by atoms with van der Waals surface area (Å²) in [6.45, 7) is 3.96. The van der Waals surface area contributed by atoms with Crippen LogP contribution in [0.15, 0.2) is 0 Å². The largest absolute Gasteiger partial charge is 0.359 e. The summed E-state index contributed by atoms with van der Waals surface area (Å²) < 4.78 is 0. The molecule has 0 spiro atoms. The highest BCUT2D eigenvalue weighted by Crippen LogP contribution is 2.27. The molecule has 1 rings (SSSR count). The highest BCUT2D eigenvalue weighted by Gasteiger charge is 2.33. The molecule has 11 heavy (non-hydrogen) atoms. The second-order valence-corrected chi connectivity index (χ2v) is 3.39. The summed E-state index contributed by atoms with van der Waals surface area (Å²) >= 11 is 0. The highest BCUT2D eigenvalue weighted by molar-refractivity contribution is 5.82. The van der Waals surface area contributed by atoms with Gasteiger partial charge < -0.3 is 10.6 Å². The number of nitrogens with one attached hydrogen (secondary N) is 2. The lowest BCUT2D eigenvalue weighted by molar-refractivity contribution is -0.131. The maximum atomic E-state index is 11.3. The molecule has 1 fully saturated rings. The van der Waals surface area contributed by atoms with Crippen LogP contribution in [0.2, 0.25) is 0 Å². The summed E-state index contributed by atoms with van der Waals surface area (Å²) in [6.07, 6.45) is 1.90. The van der Waals surface area contributed by atoms with Gasteiger partial charge in [-0.3, -0.25) is 4.79 Å². The van der Waals surface area contributed by atoms with Crippen LogP contribution in [0.1, 0.15) is 19.8 Å². The minimum Gasteiger partial charge on any atom is -0.359 e. The van der Waals surface area contributed by atoms with E-state index in [1.807, 2.05) is 6.92 Å². The number of piperidine rings is 1. The Bertz CT molecular complexity index is 150. The van der Waals surface area contributed by atoms with Crippen molar-refractivity contribution in [1.29, 1.82) is 0 Å². The van der Waals surface area contributed by atoms with Gasteiger partial charge in [-0.1, -0.05) is 6.92 Å². The zero-order valence-electron chi connectivity index (χ0n) is 7.24. The molecular formula is C8H16N2O. The Hall–Kier alpha value is -0.570. The fourth-order valence-corrected chi connectivity index (χ4v) is 1.51. The van der Waals surface area contributed by atoms with Crippen LogP contribution in [-0.4, -0.2) is 26.0 Å². The van der Waals surface area contributed by atoms with Crippen LogP contribution in [0.3, 0.4) is 0 Å². The Labute approximate surface area is 67.5 Å². The van der Waals surface area contributed by atoms with Crippen molar-refractivity contribution in [1.82, 2.24) is 10.6 Å². The van der Waals surface area contributed by atoms with E-state index in [0.29, 0.717) is 0 Å². The third-order valence-corrected chi connectivity index (χ3v) is 2.48. The van der Waals surface area contributed by atoms with Gasteiger partial charge in [0.15, 0.2) is 0 Å². The summed E-state index contributed by atoms with van der Waals surface area (Å²) in [7, 11) is 1.70. The molecule has 3 heteroatoms. The Morgan fingerprint density at radius 3 is 2.45 bits per heavy atom. The van der Waals surface area contributed by atoms with Gasteiger partial charge in [-0.05, 0) is 25.9 Å². The molecule has 0 bridgehead atoms. The Kier molecular flexibility index (Phi) is 2.49. The Morgan fingerprint density at radius 1 is 1.45 bits per heavy atom. The minimum atomic E-state index is -0.125. The predicted molar refractivity (Wildman–Crippen MR) is 44.3 cm³/mol. The molecule has 0 saturated carbocycles. The third kappa shape index (κ3) is 1.71. The monoisotopic (exact) mass is 156 g/mol. The van der Waals surface area contributed by atoms with Crippen molar-refractivity contribution < 1.29 is 4.79 Å². The zero-order valence-corrected chi connectivity index (χ0v) is 7.24. The van der Waals surface area contributed by atoms with Crippen LogP contribution < -0.4 is 10.6 Å². The molecule has 0 radical (unpaired) electrons. The molecule has 0 atom stereocenters. The van der Waals surface area contributed by atoms with Crippen LogP contribution in [0.5, 0.6) is 0 Å². The van der Waals surface area contributed by atoms with E-state index in [-0.39, 0.29) is 11.3 Å². The molecule has 3 nitrogen and oxygen atoms in total. The molecule has 1 heterocycles. The van der Waals surface area contributed by atoms with E-state index in [1.165, 1.54) is 0 Å². The van der Waals surface area contributed by atoms with Crippen molar-refractivity contribution in [3.05, 3.63) is 0 Å². The van der Waals surface area contributed by atoms with Crippen LogP contribution in [0, 0.1) is 5.41 Å². The van der Waals surface area contributed by atoms with E-state index in [1.54, 1.807) is 7.05 Å². The van der Waals surface area contributed by atoms with Gasteiger partial charge in [-0.2, -0.15) is 0 Å². The van der Waals surface area contributed by atoms with Crippen molar-refractivity contribution in [2.75, 3.05) is 20.1 Å². The van der Waals surface area contributed by atoms with Gasteiger partial charge in [0.2, 0.25) is 5.91 Å². The van der Waals surface area contributed by atoms with Gasteiger partial charge >= 0.3 is 0 Å².